The number of aromatic nitrogens is 3. The first kappa shape index (κ1) is 19.4. The Morgan fingerprint density at radius 3 is 2.62 bits per heavy atom. The first-order chi connectivity index (χ1) is 13.8. The summed E-state index contributed by atoms with van der Waals surface area (Å²) in [6.07, 6.45) is 9.66. The van der Waals surface area contributed by atoms with Crippen LogP contribution in [0.3, 0.4) is 0 Å². The van der Waals surface area contributed by atoms with E-state index in [1.54, 1.807) is 6.92 Å². The first-order valence-electron chi connectivity index (χ1n) is 10.3. The zero-order valence-corrected chi connectivity index (χ0v) is 17.8. The summed E-state index contributed by atoms with van der Waals surface area (Å²) in [5.74, 6) is 2.44. The second-order valence-corrected chi connectivity index (χ2v) is 8.17. The van der Waals surface area contributed by atoms with Gasteiger partial charge in [-0.3, -0.25) is 0 Å². The molecule has 2 aromatic rings. The van der Waals surface area contributed by atoms with Gasteiger partial charge in [0.05, 0.1) is 16.4 Å². The van der Waals surface area contributed by atoms with Gasteiger partial charge in [0.15, 0.2) is 0 Å². The molecule has 0 aromatic carbocycles. The first-order valence-corrected chi connectivity index (χ1v) is 10.3. The summed E-state index contributed by atoms with van der Waals surface area (Å²) in [7, 11) is 2.09. The fraction of sp³-hybridized carbons (Fsp3) is 0.435. The van der Waals surface area contributed by atoms with E-state index in [9.17, 15) is 0 Å². The monoisotopic (exact) mass is 391 g/mol. The minimum atomic E-state index is -0.119. The lowest BCUT2D eigenvalue weighted by Crippen LogP contribution is -2.30. The van der Waals surface area contributed by atoms with Crippen molar-refractivity contribution in [1.29, 1.82) is 5.41 Å². The van der Waals surface area contributed by atoms with Gasteiger partial charge in [-0.05, 0) is 51.3 Å². The molecule has 2 aromatic heterocycles. The fourth-order valence-corrected chi connectivity index (χ4v) is 4.33. The molecule has 3 N–H and O–H groups in total. The molecule has 6 heteroatoms. The largest absolute Gasteiger partial charge is 0.402 e. The van der Waals surface area contributed by atoms with Crippen LogP contribution < -0.4 is 16.4 Å². The summed E-state index contributed by atoms with van der Waals surface area (Å²) in [5.41, 5.74) is 11.1. The highest BCUT2D eigenvalue weighted by Crippen LogP contribution is 2.38. The second-order valence-electron chi connectivity index (χ2n) is 8.17. The summed E-state index contributed by atoms with van der Waals surface area (Å²) >= 11 is 0. The van der Waals surface area contributed by atoms with Gasteiger partial charge in [0, 0.05) is 47.8 Å². The van der Waals surface area contributed by atoms with Gasteiger partial charge >= 0.3 is 0 Å². The molecule has 152 valence electrons. The fourth-order valence-electron chi connectivity index (χ4n) is 4.33. The van der Waals surface area contributed by atoms with Crippen molar-refractivity contribution in [3.63, 3.8) is 0 Å². The molecule has 29 heavy (non-hydrogen) atoms. The molecular formula is C23H29N5O. The average molecular weight is 392 g/mol. The highest BCUT2D eigenvalue weighted by molar-refractivity contribution is 6.00. The predicted molar refractivity (Wildman–Crippen MR) is 116 cm³/mol. The SMILES string of the molecule is CCc1onc(C)c1C1=CC(/C(C(C)=N)=C(\C)N)C=c2c(nc(C3CC3)n2C)=C1. The number of imidazole rings is 1. The molecule has 6 nitrogen and oxygen atoms in total. The number of hydrogen-bond acceptors (Lipinski definition) is 5. The number of nitrogens with one attached hydrogen (secondary N) is 1. The molecule has 2 aliphatic carbocycles. The Morgan fingerprint density at radius 1 is 1.31 bits per heavy atom. The van der Waals surface area contributed by atoms with Crippen LogP contribution in [0.25, 0.3) is 17.7 Å². The van der Waals surface area contributed by atoms with Crippen molar-refractivity contribution in [2.45, 2.75) is 52.9 Å². The van der Waals surface area contributed by atoms with E-state index in [2.05, 4.69) is 41.9 Å². The molecule has 0 aliphatic heterocycles. The lowest BCUT2D eigenvalue weighted by molar-refractivity contribution is 0.382. The summed E-state index contributed by atoms with van der Waals surface area (Å²) < 4.78 is 7.77. The number of rotatable bonds is 5. The minimum absolute atomic E-state index is 0.119. The van der Waals surface area contributed by atoms with Gasteiger partial charge < -0.3 is 20.2 Å². The standard InChI is InChI=1S/C23H29N5O/c1-6-20-22(14(4)27-29-20)16-9-17(21(12(2)24)13(3)25)11-19-18(10-16)26-23(28(19)5)15-7-8-15/h9-11,15,17,24H,6-8,25H2,1-5H3/b21-13+,24-12?. The highest BCUT2D eigenvalue weighted by atomic mass is 16.5. The summed E-state index contributed by atoms with van der Waals surface area (Å²) in [6.45, 7) is 7.70. The van der Waals surface area contributed by atoms with Crippen LogP contribution >= 0.6 is 0 Å². The lowest BCUT2D eigenvalue weighted by atomic mass is 9.90. The molecule has 2 heterocycles. The third-order valence-electron chi connectivity index (χ3n) is 5.84. The molecule has 4 rings (SSSR count). The Labute approximate surface area is 171 Å². The molecule has 0 radical (unpaired) electrons. The van der Waals surface area contributed by atoms with Crippen LogP contribution in [0, 0.1) is 18.3 Å². The quantitative estimate of drug-likeness (QED) is 0.766. The van der Waals surface area contributed by atoms with E-state index >= 15 is 0 Å². The van der Waals surface area contributed by atoms with Crippen molar-refractivity contribution in [2.75, 3.05) is 0 Å². The Bertz CT molecular complexity index is 1170. The topological polar surface area (TPSA) is 93.7 Å². The maximum absolute atomic E-state index is 8.32. The number of nitrogens with zero attached hydrogens (tertiary/aromatic N) is 3. The maximum Gasteiger partial charge on any atom is 0.144 e. The molecule has 2 aliphatic rings. The number of fused-ring (bicyclic) bond motifs is 1. The van der Waals surface area contributed by atoms with Gasteiger partial charge in [-0.2, -0.15) is 0 Å². The van der Waals surface area contributed by atoms with Crippen LogP contribution in [-0.2, 0) is 13.5 Å². The van der Waals surface area contributed by atoms with Crippen LogP contribution in [0.15, 0.2) is 21.9 Å². The van der Waals surface area contributed by atoms with Gasteiger partial charge in [0.25, 0.3) is 0 Å². The normalized spacial score (nSPS) is 19.5. The Kier molecular flexibility index (Phi) is 4.81. The van der Waals surface area contributed by atoms with Crippen LogP contribution in [0.5, 0.6) is 0 Å². The maximum atomic E-state index is 8.32. The lowest BCUT2D eigenvalue weighted by Gasteiger charge is -2.16. The molecule has 1 atom stereocenters. The predicted octanol–water partition coefficient (Wildman–Crippen LogP) is 2.70. The van der Waals surface area contributed by atoms with Gasteiger partial charge in [-0.25, -0.2) is 4.98 Å². The minimum Gasteiger partial charge on any atom is -0.402 e. The van der Waals surface area contributed by atoms with Gasteiger partial charge in [-0.1, -0.05) is 18.2 Å². The Morgan fingerprint density at radius 2 is 2.03 bits per heavy atom. The molecule has 1 fully saturated rings. The third-order valence-corrected chi connectivity index (χ3v) is 5.84. The summed E-state index contributed by atoms with van der Waals surface area (Å²) in [4.78, 5) is 4.98. The van der Waals surface area contributed by atoms with E-state index in [0.717, 1.165) is 51.1 Å². The van der Waals surface area contributed by atoms with Crippen molar-refractivity contribution >= 4 is 23.4 Å². The molecule has 0 spiro atoms. The van der Waals surface area contributed by atoms with Crippen LogP contribution in [0.4, 0.5) is 0 Å². The third kappa shape index (κ3) is 3.37. The van der Waals surface area contributed by atoms with E-state index in [-0.39, 0.29) is 5.92 Å². The summed E-state index contributed by atoms with van der Waals surface area (Å²) in [5, 5.41) is 14.6. The van der Waals surface area contributed by atoms with Gasteiger partial charge in [0.1, 0.15) is 11.6 Å². The molecule has 0 bridgehead atoms. The second kappa shape index (κ2) is 7.17. The van der Waals surface area contributed by atoms with Crippen molar-refractivity contribution in [3.8, 4) is 0 Å². The van der Waals surface area contributed by atoms with Crippen LogP contribution in [0.1, 0.15) is 62.4 Å². The molecule has 0 amide bonds. The number of hydrogen-bond donors (Lipinski definition) is 2. The molecular weight excluding hydrogens is 362 g/mol. The van der Waals surface area contributed by atoms with Crippen molar-refractivity contribution < 1.29 is 4.52 Å². The average Bonchev–Trinajstić information content (AvgIpc) is 3.39. The Hall–Kier alpha value is -2.89. The van der Waals surface area contributed by atoms with Crippen LogP contribution in [0.2, 0.25) is 0 Å². The molecule has 0 saturated heterocycles. The zero-order valence-electron chi connectivity index (χ0n) is 17.8. The van der Waals surface area contributed by atoms with Crippen molar-refractivity contribution in [3.05, 3.63) is 50.9 Å². The van der Waals surface area contributed by atoms with Crippen molar-refractivity contribution in [1.82, 2.24) is 14.7 Å². The number of nitrogens with two attached hydrogens (primary N) is 1. The van der Waals surface area contributed by atoms with E-state index in [0.29, 0.717) is 17.3 Å². The van der Waals surface area contributed by atoms with E-state index in [4.69, 9.17) is 20.7 Å². The highest BCUT2D eigenvalue weighted by Gasteiger charge is 2.29. The van der Waals surface area contributed by atoms with E-state index < -0.39 is 0 Å². The van der Waals surface area contributed by atoms with Gasteiger partial charge in [0.2, 0.25) is 0 Å². The van der Waals surface area contributed by atoms with Gasteiger partial charge in [-0.15, -0.1) is 0 Å². The molecule has 1 saturated carbocycles. The summed E-state index contributed by atoms with van der Waals surface area (Å²) in [6, 6.07) is 0. The van der Waals surface area contributed by atoms with Crippen molar-refractivity contribution in [2.24, 2.45) is 18.7 Å². The smallest absolute Gasteiger partial charge is 0.144 e. The van der Waals surface area contributed by atoms with E-state index in [1.807, 2.05) is 13.8 Å². The zero-order chi connectivity index (χ0) is 20.9. The Balaban J connectivity index is 2.02. The van der Waals surface area contributed by atoms with Crippen LogP contribution in [-0.4, -0.2) is 20.4 Å². The number of aryl methyl sites for hydroxylation is 2. The van der Waals surface area contributed by atoms with E-state index in [1.165, 1.54) is 12.8 Å². The number of allylic oxidation sites excluding steroid dienone is 4. The molecule has 1 unspecified atom stereocenters.